The fraction of sp³-hybridized carbons (Fsp3) is 0.562. The van der Waals surface area contributed by atoms with Crippen molar-refractivity contribution in [3.05, 3.63) is 23.8 Å². The van der Waals surface area contributed by atoms with Crippen molar-refractivity contribution >= 4 is 17.3 Å². The first-order chi connectivity index (χ1) is 10.0. The van der Waals surface area contributed by atoms with Crippen LogP contribution in [0.15, 0.2) is 18.2 Å². The summed E-state index contributed by atoms with van der Waals surface area (Å²) < 4.78 is 0. The molecule has 0 aromatic heterocycles. The van der Waals surface area contributed by atoms with Gasteiger partial charge in [0.15, 0.2) is 0 Å². The normalized spacial score (nSPS) is 16.3. The molecular weight excluding hydrogens is 264 g/mol. The van der Waals surface area contributed by atoms with Crippen LogP contribution in [0.25, 0.3) is 0 Å². The van der Waals surface area contributed by atoms with E-state index in [-0.39, 0.29) is 5.91 Å². The van der Waals surface area contributed by atoms with E-state index >= 15 is 0 Å². The van der Waals surface area contributed by atoms with Crippen molar-refractivity contribution in [2.45, 2.75) is 12.8 Å². The Bertz CT molecular complexity index is 493. The van der Waals surface area contributed by atoms with E-state index in [0.717, 1.165) is 44.1 Å². The lowest BCUT2D eigenvalue weighted by molar-refractivity contribution is 0.0963. The van der Waals surface area contributed by atoms with E-state index in [1.54, 1.807) is 13.1 Å². The monoisotopic (exact) mass is 290 g/mol. The predicted molar refractivity (Wildman–Crippen MR) is 87.7 cm³/mol. The zero-order valence-corrected chi connectivity index (χ0v) is 13.2. The Morgan fingerprint density at radius 1 is 1.38 bits per heavy atom. The highest BCUT2D eigenvalue weighted by Gasteiger charge is 2.23. The molecule has 2 rings (SSSR count). The van der Waals surface area contributed by atoms with Gasteiger partial charge in [-0.3, -0.25) is 4.79 Å². The average molecular weight is 290 g/mol. The summed E-state index contributed by atoms with van der Waals surface area (Å²) in [7, 11) is 5.90. The van der Waals surface area contributed by atoms with Gasteiger partial charge in [-0.05, 0) is 51.1 Å². The van der Waals surface area contributed by atoms with Crippen LogP contribution in [0.5, 0.6) is 0 Å². The molecule has 0 atom stereocenters. The van der Waals surface area contributed by atoms with Crippen molar-refractivity contribution in [2.24, 2.45) is 5.92 Å². The average Bonchev–Trinajstić information content (AvgIpc) is 2.46. The van der Waals surface area contributed by atoms with E-state index in [4.69, 9.17) is 5.73 Å². The molecule has 1 aliphatic heterocycles. The minimum absolute atomic E-state index is 0.0552. The lowest BCUT2D eigenvalue weighted by atomic mass is 9.95. The summed E-state index contributed by atoms with van der Waals surface area (Å²) >= 11 is 0. The Balaban J connectivity index is 2.12. The van der Waals surface area contributed by atoms with E-state index in [9.17, 15) is 4.79 Å². The molecule has 1 amide bonds. The molecule has 0 radical (unpaired) electrons. The first kappa shape index (κ1) is 15.6. The number of amides is 1. The molecule has 1 fully saturated rings. The largest absolute Gasteiger partial charge is 0.399 e. The van der Waals surface area contributed by atoms with Gasteiger partial charge in [0.1, 0.15) is 0 Å². The second-order valence-corrected chi connectivity index (χ2v) is 6.05. The molecule has 0 unspecified atom stereocenters. The maximum atomic E-state index is 12.0. The second-order valence-electron chi connectivity index (χ2n) is 6.05. The third-order valence-electron chi connectivity index (χ3n) is 4.07. The van der Waals surface area contributed by atoms with Crippen LogP contribution < -0.4 is 16.0 Å². The minimum atomic E-state index is -0.0552. The van der Waals surface area contributed by atoms with Gasteiger partial charge < -0.3 is 20.9 Å². The van der Waals surface area contributed by atoms with E-state index < -0.39 is 0 Å². The Morgan fingerprint density at radius 2 is 2.05 bits per heavy atom. The summed E-state index contributed by atoms with van der Waals surface area (Å²) in [5.74, 6) is 0.682. The number of hydrogen-bond acceptors (Lipinski definition) is 4. The van der Waals surface area contributed by atoms with Gasteiger partial charge in [-0.25, -0.2) is 0 Å². The Kier molecular flexibility index (Phi) is 5.07. The fourth-order valence-electron chi connectivity index (χ4n) is 3.01. The highest BCUT2D eigenvalue weighted by Crippen LogP contribution is 2.28. The third-order valence-corrected chi connectivity index (χ3v) is 4.07. The Labute approximate surface area is 127 Å². The van der Waals surface area contributed by atoms with E-state index in [2.05, 4.69) is 29.2 Å². The second kappa shape index (κ2) is 6.80. The molecule has 0 spiro atoms. The first-order valence-electron chi connectivity index (χ1n) is 7.52. The number of piperidine rings is 1. The Morgan fingerprint density at radius 3 is 2.62 bits per heavy atom. The molecule has 21 heavy (non-hydrogen) atoms. The maximum absolute atomic E-state index is 12.0. The molecule has 3 N–H and O–H groups in total. The molecule has 0 bridgehead atoms. The summed E-state index contributed by atoms with van der Waals surface area (Å²) in [5.41, 5.74) is 8.27. The van der Waals surface area contributed by atoms with Crippen molar-refractivity contribution in [3.63, 3.8) is 0 Å². The standard InChI is InChI=1S/C16H26N4O/c1-18-16(21)14-5-4-13(17)10-15(14)20-8-6-12(7-9-20)11-19(2)3/h4-5,10,12H,6-9,11,17H2,1-3H3,(H,18,21). The number of rotatable bonds is 4. The van der Waals surface area contributed by atoms with Crippen LogP contribution >= 0.6 is 0 Å². The minimum Gasteiger partial charge on any atom is -0.399 e. The SMILES string of the molecule is CNC(=O)c1ccc(N)cc1N1CCC(CN(C)C)CC1. The van der Waals surface area contributed by atoms with Gasteiger partial charge in [0.05, 0.1) is 11.3 Å². The number of hydrogen-bond donors (Lipinski definition) is 2. The molecular formula is C16H26N4O. The lowest BCUT2D eigenvalue weighted by Crippen LogP contribution is -2.38. The molecule has 1 aromatic rings. The van der Waals surface area contributed by atoms with E-state index in [1.165, 1.54) is 0 Å². The molecule has 1 aliphatic rings. The van der Waals surface area contributed by atoms with Crippen LogP contribution in [-0.4, -0.2) is 51.6 Å². The molecule has 5 nitrogen and oxygen atoms in total. The van der Waals surface area contributed by atoms with Crippen molar-refractivity contribution < 1.29 is 4.79 Å². The van der Waals surface area contributed by atoms with Crippen molar-refractivity contribution in [2.75, 3.05) is 51.4 Å². The van der Waals surface area contributed by atoms with Crippen molar-refractivity contribution in [1.29, 1.82) is 0 Å². The molecule has 5 heteroatoms. The van der Waals surface area contributed by atoms with Gasteiger partial charge >= 0.3 is 0 Å². The summed E-state index contributed by atoms with van der Waals surface area (Å²) in [6.07, 6.45) is 2.31. The first-order valence-corrected chi connectivity index (χ1v) is 7.52. The van der Waals surface area contributed by atoms with Crippen molar-refractivity contribution in [1.82, 2.24) is 10.2 Å². The van der Waals surface area contributed by atoms with Crippen LogP contribution in [0, 0.1) is 5.92 Å². The number of benzene rings is 1. The molecule has 1 saturated heterocycles. The van der Waals surface area contributed by atoms with Crippen LogP contribution in [0.3, 0.4) is 0 Å². The quantitative estimate of drug-likeness (QED) is 0.823. The van der Waals surface area contributed by atoms with Crippen LogP contribution in [0.2, 0.25) is 0 Å². The Hall–Kier alpha value is -1.75. The number of nitrogens with zero attached hydrogens (tertiary/aromatic N) is 2. The van der Waals surface area contributed by atoms with Gasteiger partial charge in [0, 0.05) is 32.4 Å². The third kappa shape index (κ3) is 3.88. The zero-order valence-electron chi connectivity index (χ0n) is 13.2. The summed E-state index contributed by atoms with van der Waals surface area (Å²) in [6, 6.07) is 5.51. The highest BCUT2D eigenvalue weighted by molar-refractivity contribution is 6.00. The molecule has 1 aromatic carbocycles. The molecule has 0 aliphatic carbocycles. The number of nitrogens with one attached hydrogen (secondary N) is 1. The summed E-state index contributed by atoms with van der Waals surface area (Å²) in [5, 5.41) is 2.70. The molecule has 0 saturated carbocycles. The lowest BCUT2D eigenvalue weighted by Gasteiger charge is -2.35. The van der Waals surface area contributed by atoms with Gasteiger partial charge in [0.2, 0.25) is 0 Å². The zero-order chi connectivity index (χ0) is 15.4. The van der Waals surface area contributed by atoms with Crippen LogP contribution in [-0.2, 0) is 0 Å². The summed E-state index contributed by atoms with van der Waals surface area (Å²) in [4.78, 5) is 16.5. The number of carbonyl (C=O) groups is 1. The number of anilines is 2. The number of nitrogens with two attached hydrogens (primary N) is 1. The van der Waals surface area contributed by atoms with Gasteiger partial charge in [-0.15, -0.1) is 0 Å². The van der Waals surface area contributed by atoms with Crippen LogP contribution in [0.4, 0.5) is 11.4 Å². The maximum Gasteiger partial charge on any atom is 0.253 e. The smallest absolute Gasteiger partial charge is 0.253 e. The number of nitrogen functional groups attached to an aromatic ring is 1. The van der Waals surface area contributed by atoms with Crippen molar-refractivity contribution in [3.8, 4) is 0 Å². The molecule has 1 heterocycles. The fourth-order valence-corrected chi connectivity index (χ4v) is 3.01. The van der Waals surface area contributed by atoms with E-state index in [0.29, 0.717) is 11.3 Å². The van der Waals surface area contributed by atoms with Crippen LogP contribution in [0.1, 0.15) is 23.2 Å². The van der Waals surface area contributed by atoms with Gasteiger partial charge in [-0.1, -0.05) is 0 Å². The topological polar surface area (TPSA) is 61.6 Å². The van der Waals surface area contributed by atoms with E-state index in [1.807, 2.05) is 12.1 Å². The van der Waals surface area contributed by atoms with Gasteiger partial charge in [-0.2, -0.15) is 0 Å². The highest BCUT2D eigenvalue weighted by atomic mass is 16.1. The number of carbonyl (C=O) groups excluding carboxylic acids is 1. The predicted octanol–water partition coefficient (Wildman–Crippen LogP) is 1.41. The molecule has 116 valence electrons. The summed E-state index contributed by atoms with van der Waals surface area (Å²) in [6.45, 7) is 3.09. The van der Waals surface area contributed by atoms with Gasteiger partial charge in [0.25, 0.3) is 5.91 Å².